The lowest BCUT2D eigenvalue weighted by molar-refractivity contribution is -0.116. The Balaban J connectivity index is 1.63. The number of rotatable bonds is 5. The number of amides is 1. The molecule has 3 heterocycles. The van der Waals surface area contributed by atoms with Gasteiger partial charge in [0.15, 0.2) is 0 Å². The summed E-state index contributed by atoms with van der Waals surface area (Å²) in [5.74, 6) is -0.958. The fourth-order valence-electron chi connectivity index (χ4n) is 3.14. The van der Waals surface area contributed by atoms with Crippen molar-refractivity contribution in [3.63, 3.8) is 0 Å². The molecule has 0 fully saturated rings. The quantitative estimate of drug-likeness (QED) is 0.476. The Bertz CT molecular complexity index is 1310. The number of fused-ring (bicyclic) bond motifs is 1. The molecule has 4 rings (SSSR count). The van der Waals surface area contributed by atoms with E-state index in [9.17, 15) is 14.4 Å². The largest absolute Gasteiger partial charge is 0.465 e. The van der Waals surface area contributed by atoms with E-state index in [-0.39, 0.29) is 12.1 Å². The zero-order valence-electron chi connectivity index (χ0n) is 16.2. The fourth-order valence-corrected chi connectivity index (χ4v) is 5.05. The molecule has 0 spiro atoms. The summed E-state index contributed by atoms with van der Waals surface area (Å²) in [6.07, 6.45) is 1.38. The SMILES string of the molecule is COC(=O)c1sccc1NC(=O)Cn1cnc2sc(-c3ccccc3)c(C)c2c1=O. The Kier molecular flexibility index (Phi) is 5.47. The van der Waals surface area contributed by atoms with Crippen molar-refractivity contribution >= 4 is 50.5 Å². The standard InChI is InChI=1S/C21H17N3O4S2/c1-12-16-19(30-17(12)13-6-4-3-5-7-13)22-11-24(20(16)26)10-15(25)23-14-8-9-29-18(14)21(27)28-2/h3-9,11H,10H2,1-2H3,(H,23,25). The lowest BCUT2D eigenvalue weighted by Gasteiger charge is -2.07. The number of esters is 1. The molecular weight excluding hydrogens is 422 g/mol. The maximum atomic E-state index is 13.0. The summed E-state index contributed by atoms with van der Waals surface area (Å²) in [7, 11) is 1.28. The Labute approximate surface area is 179 Å². The first kappa shape index (κ1) is 20.0. The topological polar surface area (TPSA) is 90.3 Å². The number of thiophene rings is 2. The van der Waals surface area contributed by atoms with Crippen molar-refractivity contribution in [3.05, 3.63) is 68.9 Å². The second kappa shape index (κ2) is 8.21. The molecule has 0 aliphatic rings. The van der Waals surface area contributed by atoms with Gasteiger partial charge in [0.1, 0.15) is 16.3 Å². The normalized spacial score (nSPS) is 10.9. The molecule has 1 N–H and O–H groups in total. The molecule has 0 unspecified atom stereocenters. The van der Waals surface area contributed by atoms with Crippen molar-refractivity contribution in [2.75, 3.05) is 12.4 Å². The summed E-state index contributed by atoms with van der Waals surface area (Å²) >= 11 is 2.62. The van der Waals surface area contributed by atoms with Gasteiger partial charge in [0.2, 0.25) is 5.91 Å². The Morgan fingerprint density at radius 2 is 1.97 bits per heavy atom. The molecule has 30 heavy (non-hydrogen) atoms. The maximum Gasteiger partial charge on any atom is 0.350 e. The number of carbonyl (C=O) groups is 2. The molecule has 152 valence electrons. The second-order valence-corrected chi connectivity index (χ2v) is 8.40. The summed E-state index contributed by atoms with van der Waals surface area (Å²) in [5, 5.41) is 4.86. The predicted octanol–water partition coefficient (Wildman–Crippen LogP) is 3.92. The molecule has 0 atom stereocenters. The van der Waals surface area contributed by atoms with Crippen molar-refractivity contribution in [1.82, 2.24) is 9.55 Å². The van der Waals surface area contributed by atoms with Gasteiger partial charge in [-0.15, -0.1) is 22.7 Å². The van der Waals surface area contributed by atoms with E-state index in [2.05, 4.69) is 10.3 Å². The van der Waals surface area contributed by atoms with E-state index in [0.717, 1.165) is 16.0 Å². The summed E-state index contributed by atoms with van der Waals surface area (Å²) in [4.78, 5) is 43.6. The van der Waals surface area contributed by atoms with Crippen molar-refractivity contribution < 1.29 is 14.3 Å². The Morgan fingerprint density at radius 1 is 1.20 bits per heavy atom. The van der Waals surface area contributed by atoms with Crippen LogP contribution in [-0.4, -0.2) is 28.5 Å². The molecule has 0 aliphatic carbocycles. The fraction of sp³-hybridized carbons (Fsp3) is 0.143. The van der Waals surface area contributed by atoms with E-state index in [4.69, 9.17) is 4.74 Å². The average molecular weight is 440 g/mol. The van der Waals surface area contributed by atoms with Crippen LogP contribution in [0.15, 0.2) is 52.9 Å². The van der Waals surface area contributed by atoms with Gasteiger partial charge in [-0.2, -0.15) is 0 Å². The average Bonchev–Trinajstić information content (AvgIpc) is 3.34. The highest BCUT2D eigenvalue weighted by molar-refractivity contribution is 7.22. The highest BCUT2D eigenvalue weighted by atomic mass is 32.1. The van der Waals surface area contributed by atoms with Crippen molar-refractivity contribution in [1.29, 1.82) is 0 Å². The van der Waals surface area contributed by atoms with E-state index >= 15 is 0 Å². The van der Waals surface area contributed by atoms with Crippen molar-refractivity contribution in [2.24, 2.45) is 0 Å². The molecule has 1 amide bonds. The smallest absolute Gasteiger partial charge is 0.350 e. The van der Waals surface area contributed by atoms with Crippen LogP contribution >= 0.6 is 22.7 Å². The highest BCUT2D eigenvalue weighted by Gasteiger charge is 2.18. The molecular formula is C21H17N3O4S2. The number of aryl methyl sites for hydroxylation is 1. The van der Waals surface area contributed by atoms with E-state index < -0.39 is 11.9 Å². The third-order valence-corrected chi connectivity index (χ3v) is 6.72. The lowest BCUT2D eigenvalue weighted by atomic mass is 10.1. The minimum atomic E-state index is -0.525. The van der Waals surface area contributed by atoms with Gasteiger partial charge < -0.3 is 10.1 Å². The van der Waals surface area contributed by atoms with E-state index in [1.54, 1.807) is 11.4 Å². The first-order valence-corrected chi connectivity index (χ1v) is 10.7. The van der Waals surface area contributed by atoms with Crippen LogP contribution in [0.25, 0.3) is 20.7 Å². The van der Waals surface area contributed by atoms with E-state index in [0.29, 0.717) is 20.8 Å². The number of ether oxygens (including phenoxy) is 1. The number of nitrogens with zero attached hydrogens (tertiary/aromatic N) is 2. The van der Waals surface area contributed by atoms with Gasteiger partial charge in [0.25, 0.3) is 5.56 Å². The van der Waals surface area contributed by atoms with Crippen LogP contribution in [0, 0.1) is 6.92 Å². The van der Waals surface area contributed by atoms with Crippen LogP contribution in [0.2, 0.25) is 0 Å². The van der Waals surface area contributed by atoms with Crippen molar-refractivity contribution in [3.8, 4) is 10.4 Å². The molecule has 7 nitrogen and oxygen atoms in total. The summed E-state index contributed by atoms with van der Waals surface area (Å²) in [6, 6.07) is 11.4. The van der Waals surface area contributed by atoms with Crippen LogP contribution in [0.1, 0.15) is 15.2 Å². The van der Waals surface area contributed by atoms with Crippen LogP contribution in [0.3, 0.4) is 0 Å². The molecule has 4 aromatic rings. The van der Waals surface area contributed by atoms with Crippen LogP contribution < -0.4 is 10.9 Å². The van der Waals surface area contributed by atoms with Crippen LogP contribution in [0.4, 0.5) is 5.69 Å². The molecule has 1 aromatic carbocycles. The maximum absolute atomic E-state index is 13.0. The van der Waals surface area contributed by atoms with E-state index in [1.165, 1.54) is 40.7 Å². The Morgan fingerprint density at radius 3 is 2.70 bits per heavy atom. The summed E-state index contributed by atoms with van der Waals surface area (Å²) in [5.41, 5.74) is 1.95. The lowest BCUT2D eigenvalue weighted by Crippen LogP contribution is -2.28. The number of methoxy groups -OCH3 is 1. The molecule has 9 heteroatoms. The highest BCUT2D eigenvalue weighted by Crippen LogP contribution is 2.35. The van der Waals surface area contributed by atoms with Crippen LogP contribution in [0.5, 0.6) is 0 Å². The first-order valence-electron chi connectivity index (χ1n) is 8.99. The number of benzene rings is 1. The predicted molar refractivity (Wildman–Crippen MR) is 118 cm³/mol. The number of nitrogens with one attached hydrogen (secondary N) is 1. The zero-order valence-corrected chi connectivity index (χ0v) is 17.8. The zero-order chi connectivity index (χ0) is 21.3. The number of aromatic nitrogens is 2. The monoisotopic (exact) mass is 439 g/mol. The third kappa shape index (κ3) is 3.64. The number of anilines is 1. The number of hydrogen-bond acceptors (Lipinski definition) is 7. The molecule has 0 aliphatic heterocycles. The summed E-state index contributed by atoms with van der Waals surface area (Å²) in [6.45, 7) is 1.68. The van der Waals surface area contributed by atoms with E-state index in [1.807, 2.05) is 37.3 Å². The third-order valence-electron chi connectivity index (χ3n) is 4.58. The molecule has 0 bridgehead atoms. The minimum absolute atomic E-state index is 0.214. The minimum Gasteiger partial charge on any atom is -0.465 e. The number of hydrogen-bond donors (Lipinski definition) is 1. The first-order chi connectivity index (χ1) is 14.5. The molecule has 0 saturated carbocycles. The molecule has 0 saturated heterocycles. The number of carbonyl (C=O) groups excluding carboxylic acids is 2. The molecule has 3 aromatic heterocycles. The molecule has 0 radical (unpaired) electrons. The summed E-state index contributed by atoms with van der Waals surface area (Å²) < 4.78 is 5.98. The van der Waals surface area contributed by atoms with Crippen molar-refractivity contribution in [2.45, 2.75) is 13.5 Å². The second-order valence-electron chi connectivity index (χ2n) is 6.48. The van der Waals surface area contributed by atoms with Gasteiger partial charge in [0.05, 0.1) is 24.5 Å². The van der Waals surface area contributed by atoms with Gasteiger partial charge in [-0.3, -0.25) is 14.2 Å². The van der Waals surface area contributed by atoms with Gasteiger partial charge in [-0.25, -0.2) is 9.78 Å². The van der Waals surface area contributed by atoms with Gasteiger partial charge in [-0.1, -0.05) is 30.3 Å². The van der Waals surface area contributed by atoms with Gasteiger partial charge >= 0.3 is 5.97 Å². The van der Waals surface area contributed by atoms with Gasteiger partial charge in [-0.05, 0) is 29.5 Å². The Hall–Kier alpha value is -3.30. The van der Waals surface area contributed by atoms with Gasteiger partial charge in [0, 0.05) is 4.88 Å². The van der Waals surface area contributed by atoms with Crippen LogP contribution in [-0.2, 0) is 16.1 Å².